The number of hydrogen-bond donors (Lipinski definition) is 0. The van der Waals surface area contributed by atoms with Gasteiger partial charge in [-0.2, -0.15) is 0 Å². The summed E-state index contributed by atoms with van der Waals surface area (Å²) in [6, 6.07) is 0.563. The van der Waals surface area contributed by atoms with Gasteiger partial charge >= 0.3 is 0 Å². The fourth-order valence-corrected chi connectivity index (χ4v) is 3.10. The Morgan fingerprint density at radius 1 is 1.19 bits per heavy atom. The molecule has 1 nitrogen and oxygen atoms in total. The molecule has 0 spiro atoms. The summed E-state index contributed by atoms with van der Waals surface area (Å²) in [7, 11) is 2.23. The molecule has 1 heterocycles. The van der Waals surface area contributed by atoms with E-state index in [1.54, 1.807) is 5.57 Å². The smallest absolute Gasteiger partial charge is 0.0573 e. The van der Waals surface area contributed by atoms with Gasteiger partial charge in [-0.05, 0) is 30.4 Å². The zero-order valence-corrected chi connectivity index (χ0v) is 10.1. The average Bonchev–Trinajstić information content (AvgIpc) is 2.46. The summed E-state index contributed by atoms with van der Waals surface area (Å²) in [6.45, 7) is 2.31. The Morgan fingerprint density at radius 2 is 2.00 bits per heavy atom. The van der Waals surface area contributed by atoms with E-state index in [2.05, 4.69) is 55.3 Å². The van der Waals surface area contributed by atoms with Gasteiger partial charge in [-0.3, -0.25) is 0 Å². The molecule has 16 heavy (non-hydrogen) atoms. The van der Waals surface area contributed by atoms with Crippen molar-refractivity contribution in [2.75, 3.05) is 7.05 Å². The third-order valence-electron chi connectivity index (χ3n) is 4.12. The molecule has 84 valence electrons. The summed E-state index contributed by atoms with van der Waals surface area (Å²) in [5.74, 6) is 1.35. The predicted molar refractivity (Wildman–Crippen MR) is 67.9 cm³/mol. The quantitative estimate of drug-likeness (QED) is 0.597. The van der Waals surface area contributed by atoms with Crippen molar-refractivity contribution in [3.8, 4) is 0 Å². The maximum atomic E-state index is 2.44. The lowest BCUT2D eigenvalue weighted by atomic mass is 9.87. The van der Waals surface area contributed by atoms with Crippen LogP contribution in [0.4, 0.5) is 0 Å². The van der Waals surface area contributed by atoms with Crippen LogP contribution in [0.1, 0.15) is 19.8 Å². The molecule has 3 aliphatic rings. The second kappa shape index (κ2) is 3.65. The fraction of sp³-hybridized carbons (Fsp3) is 0.467. The lowest BCUT2D eigenvalue weighted by Gasteiger charge is -2.26. The predicted octanol–water partition coefficient (Wildman–Crippen LogP) is 3.28. The van der Waals surface area contributed by atoms with Gasteiger partial charge < -0.3 is 4.90 Å². The van der Waals surface area contributed by atoms with E-state index >= 15 is 0 Å². The molecule has 0 saturated heterocycles. The van der Waals surface area contributed by atoms with E-state index < -0.39 is 0 Å². The molecule has 0 amide bonds. The summed E-state index contributed by atoms with van der Waals surface area (Å²) < 4.78 is 0. The molecule has 0 aromatic rings. The molecular weight excluding hydrogens is 194 g/mol. The van der Waals surface area contributed by atoms with Crippen molar-refractivity contribution < 1.29 is 0 Å². The Labute approximate surface area is 97.8 Å². The van der Waals surface area contributed by atoms with Gasteiger partial charge in [-0.15, -0.1) is 0 Å². The molecule has 0 N–H and O–H groups in total. The topological polar surface area (TPSA) is 3.24 Å². The first-order valence-corrected chi connectivity index (χ1v) is 6.26. The number of rotatable bonds is 0. The van der Waals surface area contributed by atoms with Gasteiger partial charge in [0.25, 0.3) is 0 Å². The molecule has 0 fully saturated rings. The lowest BCUT2D eigenvalue weighted by Crippen LogP contribution is -2.29. The summed E-state index contributed by atoms with van der Waals surface area (Å²) >= 11 is 0. The Hall–Kier alpha value is -1.24. The highest BCUT2D eigenvalue weighted by molar-refractivity contribution is 5.41. The van der Waals surface area contributed by atoms with Crippen molar-refractivity contribution in [3.05, 3.63) is 47.7 Å². The van der Waals surface area contributed by atoms with Gasteiger partial charge in [0.1, 0.15) is 0 Å². The zero-order valence-electron chi connectivity index (χ0n) is 10.1. The van der Waals surface area contributed by atoms with Crippen molar-refractivity contribution in [1.82, 2.24) is 4.90 Å². The first-order chi connectivity index (χ1) is 7.77. The van der Waals surface area contributed by atoms with Crippen LogP contribution in [0.25, 0.3) is 0 Å². The summed E-state index contributed by atoms with van der Waals surface area (Å²) in [5.41, 5.74) is 3.12. The van der Waals surface area contributed by atoms with Crippen LogP contribution in [0.15, 0.2) is 47.7 Å². The minimum absolute atomic E-state index is 0.563. The van der Waals surface area contributed by atoms with Gasteiger partial charge in [0.05, 0.1) is 6.04 Å². The number of nitrogens with zero attached hydrogens (tertiary/aromatic N) is 1. The lowest BCUT2D eigenvalue weighted by molar-refractivity contribution is 0.361. The van der Waals surface area contributed by atoms with Crippen LogP contribution in [0, 0.1) is 11.8 Å². The van der Waals surface area contributed by atoms with Crippen LogP contribution >= 0.6 is 0 Å². The maximum absolute atomic E-state index is 2.44. The molecule has 0 aromatic carbocycles. The van der Waals surface area contributed by atoms with Gasteiger partial charge in [0, 0.05) is 18.7 Å². The van der Waals surface area contributed by atoms with Crippen molar-refractivity contribution in [3.63, 3.8) is 0 Å². The van der Waals surface area contributed by atoms with Crippen LogP contribution in [0.3, 0.4) is 0 Å². The minimum atomic E-state index is 0.563. The standard InChI is InChI=1S/C15H19N/c1-11-7-9-13-12-5-3-4-6-14(12)16(2)15(13)10-8-11/h3-6,8,10-12,14H,7,9H2,1-2H3. The summed E-state index contributed by atoms with van der Waals surface area (Å²) in [5, 5.41) is 0. The number of likely N-dealkylation sites (N-methyl/N-ethyl adjacent to an activating group) is 1. The van der Waals surface area contributed by atoms with Gasteiger partial charge in [-0.25, -0.2) is 0 Å². The molecule has 0 radical (unpaired) electrons. The van der Waals surface area contributed by atoms with Crippen molar-refractivity contribution in [2.24, 2.45) is 11.8 Å². The number of hydrogen-bond acceptors (Lipinski definition) is 1. The van der Waals surface area contributed by atoms with Crippen molar-refractivity contribution in [2.45, 2.75) is 25.8 Å². The van der Waals surface area contributed by atoms with E-state index in [4.69, 9.17) is 0 Å². The van der Waals surface area contributed by atoms with Gasteiger partial charge in [0.15, 0.2) is 0 Å². The molecular formula is C15H19N. The van der Waals surface area contributed by atoms with Crippen LogP contribution in [0.5, 0.6) is 0 Å². The Morgan fingerprint density at radius 3 is 2.88 bits per heavy atom. The van der Waals surface area contributed by atoms with Crippen LogP contribution in [-0.2, 0) is 0 Å². The number of allylic oxidation sites excluding steroid dienone is 4. The molecule has 3 atom stereocenters. The van der Waals surface area contributed by atoms with Crippen LogP contribution < -0.4 is 0 Å². The molecule has 0 bridgehead atoms. The van der Waals surface area contributed by atoms with Crippen LogP contribution in [-0.4, -0.2) is 18.0 Å². The Bertz CT molecular complexity index is 411. The van der Waals surface area contributed by atoms with E-state index in [0.29, 0.717) is 12.0 Å². The van der Waals surface area contributed by atoms with E-state index in [1.807, 2.05) is 0 Å². The maximum Gasteiger partial charge on any atom is 0.0573 e. The average molecular weight is 213 g/mol. The molecule has 2 aliphatic carbocycles. The SMILES string of the molecule is CC1C=CC2=C(CC1)C1C=CC=CC1N2C. The summed E-state index contributed by atoms with van der Waals surface area (Å²) in [4.78, 5) is 2.44. The number of fused-ring (bicyclic) bond motifs is 2. The highest BCUT2D eigenvalue weighted by Crippen LogP contribution is 2.41. The zero-order chi connectivity index (χ0) is 11.1. The van der Waals surface area contributed by atoms with Crippen LogP contribution in [0.2, 0.25) is 0 Å². The Kier molecular flexibility index (Phi) is 2.27. The van der Waals surface area contributed by atoms with Crippen molar-refractivity contribution >= 4 is 0 Å². The highest BCUT2D eigenvalue weighted by Gasteiger charge is 2.35. The third-order valence-corrected chi connectivity index (χ3v) is 4.12. The van der Waals surface area contributed by atoms with Gasteiger partial charge in [0.2, 0.25) is 0 Å². The fourth-order valence-electron chi connectivity index (χ4n) is 3.10. The first-order valence-electron chi connectivity index (χ1n) is 6.26. The molecule has 1 aliphatic heterocycles. The molecule has 0 saturated carbocycles. The molecule has 3 unspecified atom stereocenters. The first kappa shape index (κ1) is 9.95. The van der Waals surface area contributed by atoms with Gasteiger partial charge in [-0.1, -0.05) is 37.3 Å². The monoisotopic (exact) mass is 213 g/mol. The third kappa shape index (κ3) is 1.38. The largest absolute Gasteiger partial charge is 0.367 e. The van der Waals surface area contributed by atoms with E-state index in [0.717, 1.165) is 5.92 Å². The van der Waals surface area contributed by atoms with E-state index in [-0.39, 0.29) is 0 Å². The normalized spacial score (nSPS) is 36.4. The molecule has 0 aromatic heterocycles. The van der Waals surface area contributed by atoms with Crippen molar-refractivity contribution in [1.29, 1.82) is 0 Å². The summed E-state index contributed by atoms with van der Waals surface area (Å²) in [6.07, 6.45) is 16.3. The molecule has 3 rings (SSSR count). The second-order valence-corrected chi connectivity index (χ2v) is 5.18. The van der Waals surface area contributed by atoms with E-state index in [9.17, 15) is 0 Å². The second-order valence-electron chi connectivity index (χ2n) is 5.18. The minimum Gasteiger partial charge on any atom is -0.367 e. The van der Waals surface area contributed by atoms with E-state index in [1.165, 1.54) is 18.5 Å². The highest BCUT2D eigenvalue weighted by atomic mass is 15.2. The molecule has 1 heteroatoms. The Balaban J connectivity index is 1.99.